The highest BCUT2D eigenvalue weighted by atomic mass is 127. The summed E-state index contributed by atoms with van der Waals surface area (Å²) in [6.07, 6.45) is 4.51. The minimum Gasteiger partial charge on any atom is -0.512 e. The molecule has 12 heavy (non-hydrogen) atoms. The number of aliphatic hydroxyl groups is 1. The van der Waals surface area contributed by atoms with E-state index in [2.05, 4.69) is 0 Å². The predicted molar refractivity (Wildman–Crippen MR) is 55.0 cm³/mol. The summed E-state index contributed by atoms with van der Waals surface area (Å²) in [5, 5.41) is 8.57. The number of hydrogen-bond acceptors (Lipinski definition) is 3. The maximum absolute atomic E-state index is 10.4. The van der Waals surface area contributed by atoms with Crippen molar-refractivity contribution in [1.29, 1.82) is 0 Å². The van der Waals surface area contributed by atoms with Crippen molar-refractivity contribution in [2.45, 2.75) is 0 Å². The van der Waals surface area contributed by atoms with Gasteiger partial charge in [0.1, 0.15) is 12.5 Å². The second kappa shape index (κ2) is 6.90. The van der Waals surface area contributed by atoms with Gasteiger partial charge in [0.05, 0.1) is 7.11 Å². The first-order valence-corrected chi connectivity index (χ1v) is 4.35. The summed E-state index contributed by atoms with van der Waals surface area (Å²) < 4.78 is 6.41. The molecule has 4 heteroatoms. The van der Waals surface area contributed by atoms with Crippen molar-refractivity contribution < 1.29 is 14.6 Å². The zero-order chi connectivity index (χ0) is 9.40. The lowest BCUT2D eigenvalue weighted by Gasteiger charge is -1.97. The van der Waals surface area contributed by atoms with Gasteiger partial charge in [-0.2, -0.15) is 0 Å². The first-order valence-electron chi connectivity index (χ1n) is 3.10. The van der Waals surface area contributed by atoms with Crippen molar-refractivity contribution in [2.75, 3.05) is 7.11 Å². The molecule has 0 amide bonds. The topological polar surface area (TPSA) is 46.5 Å². The summed E-state index contributed by atoms with van der Waals surface area (Å²) in [5.41, 5.74) is 0.437. The molecule has 0 aliphatic rings. The number of aldehydes is 1. The fraction of sp³-hybridized carbons (Fsp3) is 0.125. The zero-order valence-electron chi connectivity index (χ0n) is 6.53. The lowest BCUT2D eigenvalue weighted by molar-refractivity contribution is -0.104. The quantitative estimate of drug-likeness (QED) is 0.282. The summed E-state index contributed by atoms with van der Waals surface area (Å²) >= 11 is 1.99. The second-order valence-electron chi connectivity index (χ2n) is 1.79. The summed E-state index contributed by atoms with van der Waals surface area (Å²) in [4.78, 5) is 10.4. The Kier molecular flexibility index (Phi) is 6.45. The van der Waals surface area contributed by atoms with Crippen molar-refractivity contribution >= 4 is 28.9 Å². The molecule has 0 aliphatic heterocycles. The Morgan fingerprint density at radius 3 is 2.58 bits per heavy atom. The zero-order valence-corrected chi connectivity index (χ0v) is 8.69. The summed E-state index contributed by atoms with van der Waals surface area (Å²) in [7, 11) is 1.41. The molecule has 0 spiro atoms. The van der Waals surface area contributed by atoms with Crippen molar-refractivity contribution in [3.8, 4) is 0 Å². The van der Waals surface area contributed by atoms with Crippen LogP contribution in [0.3, 0.4) is 0 Å². The fourth-order valence-corrected chi connectivity index (χ4v) is 0.923. The third kappa shape index (κ3) is 4.17. The number of aliphatic hydroxyl groups excluding tert-OH is 1. The predicted octanol–water partition coefficient (Wildman–Crippen LogP) is 2.11. The standard InChI is InChI=1S/C8H9IO3/c1-12-8(6-11)4-7(5-10)2-3-9/h2-6,11H,1H3/b3-2+,7-4+,8-6-. The highest BCUT2D eigenvalue weighted by Crippen LogP contribution is 2.03. The van der Waals surface area contributed by atoms with Gasteiger partial charge in [-0.3, -0.25) is 4.79 Å². The Balaban J connectivity index is 4.57. The molecule has 0 atom stereocenters. The van der Waals surface area contributed by atoms with E-state index in [1.54, 1.807) is 10.2 Å². The van der Waals surface area contributed by atoms with Crippen LogP contribution in [0.25, 0.3) is 0 Å². The Morgan fingerprint density at radius 1 is 1.58 bits per heavy atom. The van der Waals surface area contributed by atoms with Crippen LogP contribution in [0.2, 0.25) is 0 Å². The van der Waals surface area contributed by atoms with Gasteiger partial charge in [-0.15, -0.1) is 0 Å². The Hall–Kier alpha value is -0.780. The molecule has 3 nitrogen and oxygen atoms in total. The summed E-state index contributed by atoms with van der Waals surface area (Å²) in [5.74, 6) is 0.242. The molecule has 0 radical (unpaired) electrons. The van der Waals surface area contributed by atoms with Crippen LogP contribution in [0.5, 0.6) is 0 Å². The van der Waals surface area contributed by atoms with Gasteiger partial charge in [0, 0.05) is 5.57 Å². The van der Waals surface area contributed by atoms with Gasteiger partial charge < -0.3 is 9.84 Å². The fourth-order valence-electron chi connectivity index (χ4n) is 0.507. The van der Waals surface area contributed by atoms with E-state index >= 15 is 0 Å². The maximum Gasteiger partial charge on any atom is 0.153 e. The van der Waals surface area contributed by atoms with E-state index in [-0.39, 0.29) is 5.76 Å². The molecule has 0 aromatic heterocycles. The molecule has 0 saturated heterocycles. The lowest BCUT2D eigenvalue weighted by atomic mass is 10.2. The van der Waals surface area contributed by atoms with Crippen molar-refractivity contribution in [1.82, 2.24) is 0 Å². The third-order valence-electron chi connectivity index (χ3n) is 1.06. The lowest BCUT2D eigenvalue weighted by Crippen LogP contribution is -1.86. The highest BCUT2D eigenvalue weighted by molar-refractivity contribution is 14.1. The van der Waals surface area contributed by atoms with Crippen LogP contribution < -0.4 is 0 Å². The number of carbonyl (C=O) groups excluding carboxylic acids is 1. The monoisotopic (exact) mass is 280 g/mol. The molecule has 0 fully saturated rings. The van der Waals surface area contributed by atoms with E-state index in [1.165, 1.54) is 13.2 Å². The molecule has 0 bridgehead atoms. The third-order valence-corrected chi connectivity index (χ3v) is 1.42. The van der Waals surface area contributed by atoms with E-state index < -0.39 is 0 Å². The van der Waals surface area contributed by atoms with Gasteiger partial charge in [0.25, 0.3) is 0 Å². The van der Waals surface area contributed by atoms with E-state index in [1.807, 2.05) is 22.6 Å². The largest absolute Gasteiger partial charge is 0.512 e. The normalized spacial score (nSPS) is 13.5. The first kappa shape index (κ1) is 11.2. The van der Waals surface area contributed by atoms with Crippen LogP contribution in [0, 0.1) is 0 Å². The molecule has 1 N–H and O–H groups in total. The van der Waals surface area contributed by atoms with Crippen LogP contribution in [0.1, 0.15) is 0 Å². The average Bonchev–Trinajstić information content (AvgIpc) is 2.12. The maximum atomic E-state index is 10.4. The van der Waals surface area contributed by atoms with Gasteiger partial charge in [-0.05, 0) is 16.2 Å². The molecule has 66 valence electrons. The van der Waals surface area contributed by atoms with E-state index in [4.69, 9.17) is 9.84 Å². The van der Waals surface area contributed by atoms with Crippen LogP contribution >= 0.6 is 22.6 Å². The number of methoxy groups -OCH3 is 1. The van der Waals surface area contributed by atoms with Gasteiger partial charge >= 0.3 is 0 Å². The smallest absolute Gasteiger partial charge is 0.153 e. The summed E-state index contributed by atoms with van der Waals surface area (Å²) in [6.45, 7) is 0. The first-order chi connectivity index (χ1) is 5.78. The van der Waals surface area contributed by atoms with Gasteiger partial charge in [-0.1, -0.05) is 22.6 Å². The molecule has 0 unspecified atom stereocenters. The van der Waals surface area contributed by atoms with Crippen molar-refractivity contribution in [3.05, 3.63) is 33.8 Å². The van der Waals surface area contributed by atoms with Gasteiger partial charge in [-0.25, -0.2) is 0 Å². The molecule has 0 heterocycles. The van der Waals surface area contributed by atoms with Gasteiger partial charge in [0.15, 0.2) is 5.76 Å². The SMILES string of the molecule is COC(=C\O)/C=C(C=O)\C=C\I. The van der Waals surface area contributed by atoms with Crippen LogP contribution in [-0.4, -0.2) is 18.5 Å². The average molecular weight is 280 g/mol. The molecular weight excluding hydrogens is 271 g/mol. The molecule has 0 aromatic carbocycles. The Morgan fingerprint density at radius 2 is 2.25 bits per heavy atom. The van der Waals surface area contributed by atoms with Crippen molar-refractivity contribution in [2.24, 2.45) is 0 Å². The highest BCUT2D eigenvalue weighted by Gasteiger charge is 1.93. The number of hydrogen-bond donors (Lipinski definition) is 1. The van der Waals surface area contributed by atoms with Crippen LogP contribution in [0.15, 0.2) is 33.8 Å². The molecular formula is C8H9IO3. The van der Waals surface area contributed by atoms with E-state index in [0.717, 1.165) is 6.26 Å². The summed E-state index contributed by atoms with van der Waals surface area (Å²) in [6, 6.07) is 0. The molecule has 0 rings (SSSR count). The molecule has 0 aliphatic carbocycles. The molecule has 0 aromatic rings. The second-order valence-corrected chi connectivity index (χ2v) is 2.51. The van der Waals surface area contributed by atoms with Crippen LogP contribution in [0.4, 0.5) is 0 Å². The number of allylic oxidation sites excluding steroid dienone is 3. The van der Waals surface area contributed by atoms with Crippen molar-refractivity contribution in [3.63, 3.8) is 0 Å². The minimum atomic E-state index is 0.242. The van der Waals surface area contributed by atoms with E-state index in [9.17, 15) is 4.79 Å². The molecule has 0 saturated carbocycles. The number of carbonyl (C=O) groups is 1. The minimum absolute atomic E-state index is 0.242. The number of rotatable bonds is 4. The Labute approximate surface area is 84.6 Å². The number of ether oxygens (including phenoxy) is 1. The Bertz CT molecular complexity index is 228. The van der Waals surface area contributed by atoms with Crippen LogP contribution in [-0.2, 0) is 9.53 Å². The van der Waals surface area contributed by atoms with Gasteiger partial charge in [0.2, 0.25) is 0 Å². The number of halogens is 1. The van der Waals surface area contributed by atoms with E-state index in [0.29, 0.717) is 11.9 Å².